The molecule has 0 spiro atoms. The second-order valence-corrected chi connectivity index (χ2v) is 8.61. The van der Waals surface area contributed by atoms with Crippen LogP contribution in [0.5, 0.6) is 0 Å². The Bertz CT molecular complexity index is 650. The molecule has 2 unspecified atom stereocenters. The summed E-state index contributed by atoms with van der Waals surface area (Å²) in [6.45, 7) is 0. The molecule has 1 heteroatoms. The molecule has 4 rings (SSSR count). The summed E-state index contributed by atoms with van der Waals surface area (Å²) >= 11 is 0.102. The van der Waals surface area contributed by atoms with E-state index in [2.05, 4.69) is 72.8 Å². The van der Waals surface area contributed by atoms with E-state index in [-0.39, 0.29) is 15.4 Å². The summed E-state index contributed by atoms with van der Waals surface area (Å²) in [5.41, 5.74) is 5.95. The van der Waals surface area contributed by atoms with Crippen LogP contribution in [-0.4, -0.2) is 15.4 Å². The molecule has 102 valence electrons. The molecule has 0 nitrogen and oxygen atoms in total. The van der Waals surface area contributed by atoms with Gasteiger partial charge in [0.25, 0.3) is 0 Å². The second kappa shape index (κ2) is 5.69. The summed E-state index contributed by atoms with van der Waals surface area (Å²) in [5.74, 6) is 1.36. The van der Waals surface area contributed by atoms with Gasteiger partial charge in [0.2, 0.25) is 0 Å². The number of allylic oxidation sites excluding steroid dienone is 2. The maximum absolute atomic E-state index is 2.41. The summed E-state index contributed by atoms with van der Waals surface area (Å²) in [6, 6.07) is 17.7. The third kappa shape index (κ3) is 2.53. The number of fused-ring (bicyclic) bond motifs is 2. The summed E-state index contributed by atoms with van der Waals surface area (Å²) < 4.78 is 0. The van der Waals surface area contributed by atoms with Crippen molar-refractivity contribution in [3.05, 3.63) is 82.9 Å². The summed E-state index contributed by atoms with van der Waals surface area (Å²) in [4.78, 5) is 0. The Morgan fingerprint density at radius 3 is 1.67 bits per heavy atom. The molecule has 0 amide bonds. The number of benzene rings is 2. The van der Waals surface area contributed by atoms with Gasteiger partial charge in [-0.1, -0.05) is 0 Å². The topological polar surface area (TPSA) is 0 Å². The van der Waals surface area contributed by atoms with Crippen molar-refractivity contribution in [1.29, 1.82) is 0 Å². The normalized spacial score (nSPS) is 21.5. The molecular weight excluding hydrogens is 313 g/mol. The van der Waals surface area contributed by atoms with Gasteiger partial charge in [0.1, 0.15) is 0 Å². The van der Waals surface area contributed by atoms with Crippen molar-refractivity contribution in [2.24, 2.45) is 0 Å². The molecule has 0 bridgehead atoms. The van der Waals surface area contributed by atoms with Crippen LogP contribution >= 0.6 is 0 Å². The van der Waals surface area contributed by atoms with Gasteiger partial charge >= 0.3 is 133 Å². The molecule has 2 atom stereocenters. The van der Waals surface area contributed by atoms with Crippen molar-refractivity contribution < 1.29 is 0 Å². The molecule has 2 aliphatic rings. The van der Waals surface area contributed by atoms with Crippen LogP contribution in [-0.2, 0) is 0 Å². The molecule has 21 heavy (non-hydrogen) atoms. The SMILES string of the molecule is C1=CC([CH2][Ge][CH2]C2C=Cc3ccccc32)c2ccccc21. The van der Waals surface area contributed by atoms with E-state index >= 15 is 0 Å². The molecule has 0 aliphatic heterocycles. The van der Waals surface area contributed by atoms with E-state index in [9.17, 15) is 0 Å². The van der Waals surface area contributed by atoms with Crippen LogP contribution in [0.2, 0.25) is 10.5 Å². The predicted molar refractivity (Wildman–Crippen MR) is 91.8 cm³/mol. The molecule has 2 radical (unpaired) electrons. The Morgan fingerprint density at radius 2 is 1.14 bits per heavy atom. The van der Waals surface area contributed by atoms with Gasteiger partial charge in [-0.2, -0.15) is 0 Å². The van der Waals surface area contributed by atoms with Crippen molar-refractivity contribution in [2.75, 3.05) is 0 Å². The quantitative estimate of drug-likeness (QED) is 0.680. The van der Waals surface area contributed by atoms with Crippen LogP contribution in [0.4, 0.5) is 0 Å². The van der Waals surface area contributed by atoms with E-state index in [0.29, 0.717) is 11.8 Å². The van der Waals surface area contributed by atoms with Gasteiger partial charge in [-0.3, -0.25) is 0 Å². The third-order valence-electron chi connectivity index (χ3n) is 4.54. The van der Waals surface area contributed by atoms with Gasteiger partial charge < -0.3 is 0 Å². The molecule has 0 fully saturated rings. The molecule has 0 saturated heterocycles. The van der Waals surface area contributed by atoms with Gasteiger partial charge in [-0.15, -0.1) is 0 Å². The molecular formula is C20H18Ge. The average Bonchev–Trinajstić information content (AvgIpc) is 3.13. The first-order valence-corrected chi connectivity index (χ1v) is 10.6. The first kappa shape index (κ1) is 13.1. The summed E-state index contributed by atoms with van der Waals surface area (Å²) in [6.07, 6.45) is 9.42. The van der Waals surface area contributed by atoms with Gasteiger partial charge in [0.15, 0.2) is 0 Å². The van der Waals surface area contributed by atoms with Crippen molar-refractivity contribution >= 4 is 27.6 Å². The number of hydrogen-bond donors (Lipinski definition) is 0. The number of rotatable bonds is 4. The first-order valence-electron chi connectivity index (χ1n) is 7.67. The summed E-state index contributed by atoms with van der Waals surface area (Å²) in [5, 5.41) is 2.78. The van der Waals surface area contributed by atoms with Gasteiger partial charge in [-0.05, 0) is 0 Å². The summed E-state index contributed by atoms with van der Waals surface area (Å²) in [7, 11) is 0. The van der Waals surface area contributed by atoms with Crippen LogP contribution < -0.4 is 0 Å². The van der Waals surface area contributed by atoms with Crippen molar-refractivity contribution in [1.82, 2.24) is 0 Å². The second-order valence-electron chi connectivity index (χ2n) is 5.85. The molecule has 0 heterocycles. The Kier molecular flexibility index (Phi) is 3.56. The molecule has 0 aromatic heterocycles. The molecule has 2 aromatic carbocycles. The minimum atomic E-state index is 0.102. The molecule has 2 aliphatic carbocycles. The molecule has 0 saturated carbocycles. The van der Waals surface area contributed by atoms with Crippen molar-refractivity contribution in [3.8, 4) is 0 Å². The van der Waals surface area contributed by atoms with E-state index in [1.54, 1.807) is 11.1 Å². The van der Waals surface area contributed by atoms with Crippen LogP contribution in [0.25, 0.3) is 12.2 Å². The fourth-order valence-electron chi connectivity index (χ4n) is 3.40. The minimum absolute atomic E-state index is 0.102. The van der Waals surface area contributed by atoms with Crippen LogP contribution in [0, 0.1) is 0 Å². The third-order valence-corrected chi connectivity index (χ3v) is 7.59. The predicted octanol–water partition coefficient (Wildman–Crippen LogP) is 5.15. The van der Waals surface area contributed by atoms with Gasteiger partial charge in [-0.25, -0.2) is 0 Å². The zero-order chi connectivity index (χ0) is 14.1. The van der Waals surface area contributed by atoms with Crippen LogP contribution in [0.1, 0.15) is 34.1 Å². The van der Waals surface area contributed by atoms with Crippen molar-refractivity contribution in [2.45, 2.75) is 22.3 Å². The van der Waals surface area contributed by atoms with E-state index in [4.69, 9.17) is 0 Å². The Morgan fingerprint density at radius 1 is 0.667 bits per heavy atom. The zero-order valence-electron chi connectivity index (χ0n) is 12.0. The van der Waals surface area contributed by atoms with E-state index in [1.807, 2.05) is 0 Å². The maximum atomic E-state index is 2.41. The van der Waals surface area contributed by atoms with Gasteiger partial charge in [0, 0.05) is 0 Å². The fourth-order valence-corrected chi connectivity index (χ4v) is 6.55. The van der Waals surface area contributed by atoms with Crippen LogP contribution in [0.3, 0.4) is 0 Å². The Balaban J connectivity index is 1.38. The van der Waals surface area contributed by atoms with E-state index in [0.717, 1.165) is 0 Å². The number of hydrogen-bond acceptors (Lipinski definition) is 0. The first-order chi connectivity index (χ1) is 10.4. The van der Waals surface area contributed by atoms with Crippen LogP contribution in [0.15, 0.2) is 60.7 Å². The average molecular weight is 331 g/mol. The Labute approximate surface area is 133 Å². The Hall–Kier alpha value is -1.54. The fraction of sp³-hybridized carbons (Fsp3) is 0.200. The van der Waals surface area contributed by atoms with Gasteiger partial charge in [0.05, 0.1) is 0 Å². The van der Waals surface area contributed by atoms with E-state index in [1.165, 1.54) is 21.6 Å². The molecule has 2 aromatic rings. The monoisotopic (exact) mass is 332 g/mol. The zero-order valence-corrected chi connectivity index (χ0v) is 14.1. The van der Waals surface area contributed by atoms with E-state index < -0.39 is 0 Å². The molecule has 0 N–H and O–H groups in total. The van der Waals surface area contributed by atoms with Crippen molar-refractivity contribution in [3.63, 3.8) is 0 Å². The standard InChI is InChI=1S/C20H18Ge/c1-3-7-19-15(5-1)9-11-17(19)13-21-14-18-12-10-16-6-2-4-8-20(16)18/h1-12,17-18H,13-14H2.